The number of rotatable bonds is 3. The Hall–Kier alpha value is -1.74. The van der Waals surface area contributed by atoms with Crippen molar-refractivity contribution in [1.82, 2.24) is 0 Å². The van der Waals surface area contributed by atoms with Gasteiger partial charge in [0.2, 0.25) is 0 Å². The van der Waals surface area contributed by atoms with E-state index in [1.54, 1.807) is 6.07 Å². The molecule has 94 valence electrons. The van der Waals surface area contributed by atoms with Gasteiger partial charge in [0, 0.05) is 6.04 Å². The quantitative estimate of drug-likeness (QED) is 0.882. The minimum atomic E-state index is -0.831. The van der Waals surface area contributed by atoms with Gasteiger partial charge in [-0.25, -0.2) is 8.78 Å². The maximum atomic E-state index is 13.1. The van der Waals surface area contributed by atoms with E-state index in [0.29, 0.717) is 12.0 Å². The van der Waals surface area contributed by atoms with Crippen LogP contribution in [0.15, 0.2) is 42.5 Å². The summed E-state index contributed by atoms with van der Waals surface area (Å²) in [5, 5.41) is 0. The van der Waals surface area contributed by atoms with Crippen LogP contribution in [0.1, 0.15) is 22.7 Å². The van der Waals surface area contributed by atoms with E-state index < -0.39 is 11.6 Å². The minimum Gasteiger partial charge on any atom is -0.324 e. The average molecular weight is 247 g/mol. The maximum Gasteiger partial charge on any atom is 0.159 e. The lowest BCUT2D eigenvalue weighted by Gasteiger charge is -2.12. The van der Waals surface area contributed by atoms with Crippen LogP contribution < -0.4 is 5.73 Å². The molecule has 2 aromatic rings. The monoisotopic (exact) mass is 247 g/mol. The minimum absolute atomic E-state index is 0.213. The largest absolute Gasteiger partial charge is 0.324 e. The zero-order valence-electron chi connectivity index (χ0n) is 10.2. The topological polar surface area (TPSA) is 26.0 Å². The van der Waals surface area contributed by atoms with E-state index in [-0.39, 0.29) is 6.04 Å². The van der Waals surface area contributed by atoms with Gasteiger partial charge >= 0.3 is 0 Å². The summed E-state index contributed by atoms with van der Waals surface area (Å²) in [4.78, 5) is 0. The van der Waals surface area contributed by atoms with Gasteiger partial charge in [0.15, 0.2) is 11.6 Å². The molecule has 2 aromatic carbocycles. The molecule has 0 aliphatic carbocycles. The molecular weight excluding hydrogens is 232 g/mol. The fourth-order valence-corrected chi connectivity index (χ4v) is 1.85. The molecule has 0 aromatic heterocycles. The van der Waals surface area contributed by atoms with Crippen LogP contribution in [0.25, 0.3) is 0 Å². The van der Waals surface area contributed by atoms with Gasteiger partial charge in [0.25, 0.3) is 0 Å². The van der Waals surface area contributed by atoms with Gasteiger partial charge in [-0.3, -0.25) is 0 Å². The standard InChI is InChI=1S/C15H15F2N/c1-10-2-5-12(6-3-10)15(18)9-11-4-7-13(16)14(17)8-11/h2-8,15H,9,18H2,1H3. The van der Waals surface area contributed by atoms with Crippen LogP contribution in [0.5, 0.6) is 0 Å². The van der Waals surface area contributed by atoms with Crippen LogP contribution in [-0.2, 0) is 6.42 Å². The number of hydrogen-bond acceptors (Lipinski definition) is 1. The van der Waals surface area contributed by atoms with Gasteiger partial charge in [-0.05, 0) is 36.6 Å². The van der Waals surface area contributed by atoms with Gasteiger partial charge in [0.05, 0.1) is 0 Å². The van der Waals surface area contributed by atoms with Gasteiger partial charge in [0.1, 0.15) is 0 Å². The van der Waals surface area contributed by atoms with Crippen molar-refractivity contribution in [3.63, 3.8) is 0 Å². The predicted octanol–water partition coefficient (Wildman–Crippen LogP) is 3.52. The van der Waals surface area contributed by atoms with Gasteiger partial charge in [-0.1, -0.05) is 35.9 Å². The second kappa shape index (κ2) is 5.27. The van der Waals surface area contributed by atoms with Crippen molar-refractivity contribution in [2.24, 2.45) is 5.73 Å². The van der Waals surface area contributed by atoms with Crippen LogP contribution >= 0.6 is 0 Å². The molecule has 0 saturated heterocycles. The van der Waals surface area contributed by atoms with Crippen molar-refractivity contribution in [2.75, 3.05) is 0 Å². The van der Waals surface area contributed by atoms with Crippen LogP contribution in [0.2, 0.25) is 0 Å². The van der Waals surface area contributed by atoms with Crippen molar-refractivity contribution in [2.45, 2.75) is 19.4 Å². The highest BCUT2D eigenvalue weighted by Gasteiger charge is 2.09. The maximum absolute atomic E-state index is 13.1. The Morgan fingerprint density at radius 1 is 1.00 bits per heavy atom. The fraction of sp³-hybridized carbons (Fsp3) is 0.200. The molecular formula is C15H15F2N. The van der Waals surface area contributed by atoms with Gasteiger partial charge in [-0.15, -0.1) is 0 Å². The molecule has 0 fully saturated rings. The van der Waals surface area contributed by atoms with Crippen molar-refractivity contribution < 1.29 is 8.78 Å². The highest BCUT2D eigenvalue weighted by molar-refractivity contribution is 5.26. The third-order valence-electron chi connectivity index (χ3n) is 2.95. The van der Waals surface area contributed by atoms with E-state index in [4.69, 9.17) is 5.73 Å². The summed E-state index contributed by atoms with van der Waals surface area (Å²) in [6, 6.07) is 11.6. The van der Waals surface area contributed by atoms with E-state index in [0.717, 1.165) is 11.6 Å². The Morgan fingerprint density at radius 2 is 1.67 bits per heavy atom. The molecule has 1 atom stereocenters. The van der Waals surface area contributed by atoms with E-state index >= 15 is 0 Å². The number of hydrogen-bond donors (Lipinski definition) is 1. The molecule has 1 nitrogen and oxygen atoms in total. The molecule has 0 spiro atoms. The number of aryl methyl sites for hydroxylation is 1. The Labute approximate surface area is 105 Å². The van der Waals surface area contributed by atoms with Crippen molar-refractivity contribution >= 4 is 0 Å². The summed E-state index contributed by atoms with van der Waals surface area (Å²) in [6.07, 6.45) is 0.486. The molecule has 1 unspecified atom stereocenters. The molecule has 0 amide bonds. The summed E-state index contributed by atoms with van der Waals surface area (Å²) in [7, 11) is 0. The molecule has 3 heteroatoms. The SMILES string of the molecule is Cc1ccc(C(N)Cc2ccc(F)c(F)c2)cc1. The normalized spacial score (nSPS) is 12.4. The first-order chi connectivity index (χ1) is 8.56. The number of benzene rings is 2. The molecule has 2 N–H and O–H groups in total. The molecule has 0 aliphatic rings. The van der Waals surface area contributed by atoms with E-state index in [1.165, 1.54) is 11.6 Å². The smallest absolute Gasteiger partial charge is 0.159 e. The third-order valence-corrected chi connectivity index (χ3v) is 2.95. The van der Waals surface area contributed by atoms with Crippen molar-refractivity contribution in [1.29, 1.82) is 0 Å². The zero-order chi connectivity index (χ0) is 13.1. The lowest BCUT2D eigenvalue weighted by atomic mass is 9.99. The average Bonchev–Trinajstić information content (AvgIpc) is 2.34. The number of halogens is 2. The molecule has 0 aliphatic heterocycles. The lowest BCUT2D eigenvalue weighted by Crippen LogP contribution is -2.13. The first kappa shape index (κ1) is 12.7. The summed E-state index contributed by atoms with van der Waals surface area (Å²) in [5.74, 6) is -1.66. The Balaban J connectivity index is 2.13. The zero-order valence-corrected chi connectivity index (χ0v) is 10.2. The van der Waals surface area contributed by atoms with Crippen molar-refractivity contribution in [3.8, 4) is 0 Å². The van der Waals surface area contributed by atoms with Crippen LogP contribution in [-0.4, -0.2) is 0 Å². The first-order valence-corrected chi connectivity index (χ1v) is 5.82. The fourth-order valence-electron chi connectivity index (χ4n) is 1.85. The highest BCUT2D eigenvalue weighted by atomic mass is 19.2. The summed E-state index contributed by atoms with van der Waals surface area (Å²) in [5.41, 5.74) is 8.90. The van der Waals surface area contributed by atoms with Crippen LogP contribution in [0.3, 0.4) is 0 Å². The first-order valence-electron chi connectivity index (χ1n) is 5.82. The lowest BCUT2D eigenvalue weighted by molar-refractivity contribution is 0.506. The van der Waals surface area contributed by atoms with E-state index in [1.807, 2.05) is 31.2 Å². The summed E-state index contributed by atoms with van der Waals surface area (Å²) >= 11 is 0. The Morgan fingerprint density at radius 3 is 2.28 bits per heavy atom. The van der Waals surface area contributed by atoms with E-state index in [9.17, 15) is 8.78 Å². The summed E-state index contributed by atoms with van der Waals surface area (Å²) < 4.78 is 25.9. The van der Waals surface area contributed by atoms with E-state index in [2.05, 4.69) is 0 Å². The molecule has 18 heavy (non-hydrogen) atoms. The second-order valence-corrected chi connectivity index (χ2v) is 4.47. The molecule has 0 heterocycles. The molecule has 0 saturated carbocycles. The second-order valence-electron chi connectivity index (χ2n) is 4.47. The van der Waals surface area contributed by atoms with Crippen LogP contribution in [0.4, 0.5) is 8.78 Å². The summed E-state index contributed by atoms with van der Waals surface area (Å²) in [6.45, 7) is 2.00. The molecule has 2 rings (SSSR count). The third kappa shape index (κ3) is 2.93. The Bertz CT molecular complexity index is 535. The van der Waals surface area contributed by atoms with Gasteiger partial charge in [-0.2, -0.15) is 0 Å². The predicted molar refractivity (Wildman–Crippen MR) is 68.2 cm³/mol. The molecule has 0 bridgehead atoms. The molecule has 0 radical (unpaired) electrons. The number of nitrogens with two attached hydrogens (primary N) is 1. The van der Waals surface area contributed by atoms with Crippen LogP contribution in [0, 0.1) is 18.6 Å². The van der Waals surface area contributed by atoms with Crippen molar-refractivity contribution in [3.05, 3.63) is 70.8 Å². The van der Waals surface area contributed by atoms with Gasteiger partial charge < -0.3 is 5.73 Å². The Kier molecular flexibility index (Phi) is 3.72. The highest BCUT2D eigenvalue weighted by Crippen LogP contribution is 2.18.